The summed E-state index contributed by atoms with van der Waals surface area (Å²) in [7, 11) is 0. The number of nitrogens with zero attached hydrogens (tertiary/aromatic N) is 2. The smallest absolute Gasteiger partial charge is 0.0629 e. The summed E-state index contributed by atoms with van der Waals surface area (Å²) in [4.78, 5) is 8.58. The molecule has 0 aliphatic rings. The number of aryl methyl sites for hydroxylation is 2. The number of benzene rings is 4. The molecule has 1 radical (unpaired) electrons. The Morgan fingerprint density at radius 2 is 1.55 bits per heavy atom. The van der Waals surface area contributed by atoms with E-state index < -0.39 is 25.5 Å². The van der Waals surface area contributed by atoms with Crippen LogP contribution in [0.2, 0.25) is 0 Å². The molecule has 0 amide bonds. The molecule has 0 saturated carbocycles. The number of aromatic nitrogens is 2. The van der Waals surface area contributed by atoms with Crippen LogP contribution in [0.4, 0.5) is 0 Å². The fourth-order valence-corrected chi connectivity index (χ4v) is 4.39. The second-order valence-electron chi connectivity index (χ2n) is 11.0. The van der Waals surface area contributed by atoms with E-state index >= 15 is 0 Å². The van der Waals surface area contributed by atoms with Gasteiger partial charge in [0.1, 0.15) is 0 Å². The van der Waals surface area contributed by atoms with Crippen molar-refractivity contribution in [1.82, 2.24) is 9.97 Å². The molecule has 4 aromatic carbocycles. The van der Waals surface area contributed by atoms with Crippen LogP contribution in [-0.4, -0.2) is 9.97 Å². The number of hydrogen-bond acceptors (Lipinski definition) is 2. The molecule has 0 saturated heterocycles. The Balaban J connectivity index is 0.000000236. The molecular weight excluding hydrogens is 713 g/mol. The van der Waals surface area contributed by atoms with Crippen LogP contribution < -0.4 is 0 Å². The van der Waals surface area contributed by atoms with E-state index in [-0.39, 0.29) is 43.3 Å². The molecule has 6 rings (SSSR count). The molecule has 0 atom stereocenters. The van der Waals surface area contributed by atoms with Crippen LogP contribution in [-0.2, 0) is 26.5 Å². The van der Waals surface area contributed by atoms with Gasteiger partial charge in [-0.25, -0.2) is 0 Å². The molecule has 0 spiro atoms. The van der Waals surface area contributed by atoms with Crippen LogP contribution in [0.3, 0.4) is 0 Å². The van der Waals surface area contributed by atoms with Crippen molar-refractivity contribution >= 4 is 0 Å². The number of rotatable bonds is 5. The van der Waals surface area contributed by atoms with Gasteiger partial charge in [0.2, 0.25) is 0 Å². The summed E-state index contributed by atoms with van der Waals surface area (Å²) in [5, 5.41) is 0. The maximum absolute atomic E-state index is 8.43. The summed E-state index contributed by atoms with van der Waals surface area (Å²) in [6, 6.07) is 36.1. The predicted octanol–water partition coefficient (Wildman–Crippen LogP) is 10.6. The van der Waals surface area contributed by atoms with Crippen molar-refractivity contribution in [3.8, 4) is 44.8 Å². The molecule has 2 aromatic heterocycles. The van der Waals surface area contributed by atoms with Gasteiger partial charge >= 0.3 is 0 Å². The molecule has 0 aliphatic heterocycles. The molecule has 0 unspecified atom stereocenters. The van der Waals surface area contributed by atoms with Crippen LogP contribution in [0.5, 0.6) is 0 Å². The molecule has 44 heavy (non-hydrogen) atoms. The van der Waals surface area contributed by atoms with E-state index in [9.17, 15) is 0 Å². The average molecular weight is 761 g/mol. The summed E-state index contributed by atoms with van der Waals surface area (Å²) in [6.45, 7) is 0.979. The Kier molecular flexibility index (Phi) is 7.34. The Labute approximate surface area is 290 Å². The van der Waals surface area contributed by atoms with Gasteiger partial charge in [0.05, 0.1) is 2.74 Å². The molecule has 3 heteroatoms. The largest absolute Gasteiger partial charge is 0.305 e. The van der Waals surface area contributed by atoms with Gasteiger partial charge < -0.3 is 9.97 Å². The van der Waals surface area contributed by atoms with E-state index in [1.807, 2.05) is 81.4 Å². The van der Waals surface area contributed by atoms with E-state index in [0.29, 0.717) is 27.9 Å². The topological polar surface area (TPSA) is 25.8 Å². The van der Waals surface area contributed by atoms with Crippen molar-refractivity contribution in [3.63, 3.8) is 0 Å². The first kappa shape index (κ1) is 21.5. The SMILES string of the molecule is [2H]C([2H])([2H])c1ccc(-c2[c-]cc(C([2H])([2H])[2H])c(-c3ccccc3)c2)nc1.[2H]c1cc(C([2H])([2H])C(C)(C)C)cc([2H])c1-c1ccnc(-c2[c-]cccc2)c1.[Ir]. The molecule has 0 N–H and O–H groups in total. The third kappa shape index (κ3) is 8.92. The Bertz CT molecular complexity index is 2160. The van der Waals surface area contributed by atoms with E-state index in [2.05, 4.69) is 22.1 Å². The maximum atomic E-state index is 8.43. The normalized spacial score (nSPS) is 15.0. The van der Waals surface area contributed by atoms with Gasteiger partial charge in [0.25, 0.3) is 0 Å². The average Bonchev–Trinajstić information content (AvgIpc) is 3.11. The first-order chi connectivity index (χ1) is 24.8. The van der Waals surface area contributed by atoms with Gasteiger partial charge in [0.15, 0.2) is 0 Å². The van der Waals surface area contributed by atoms with Gasteiger partial charge in [-0.3, -0.25) is 0 Å². The van der Waals surface area contributed by atoms with Gasteiger partial charge in [0, 0.05) is 43.5 Å². The molecule has 0 fully saturated rings. The Morgan fingerprint density at radius 3 is 2.20 bits per heavy atom. The maximum Gasteiger partial charge on any atom is 0.0629 e. The molecule has 2 heterocycles. The van der Waals surface area contributed by atoms with Crippen molar-refractivity contribution < 1.29 is 33.8 Å². The molecule has 0 aliphatic carbocycles. The standard InChI is InChI=1S/C22H22N.C19H16N.Ir/c1-22(2,3)16-17-9-11-18(12-10-17)20-13-14-23-21(15-20)19-7-5-4-6-8-19;1-14-8-11-19(20-13-14)17-10-9-15(2)18(12-17)16-6-4-3-5-7-16;/h4-7,9-15H,16H2,1-3H3;3-9,11-13H,1-2H3;/q2*-1;/i11D,12D,16D2;1D3,2D3;. The second-order valence-corrected chi connectivity index (χ2v) is 11.0. The monoisotopic (exact) mass is 761 g/mol. The van der Waals surface area contributed by atoms with Gasteiger partial charge in [-0.1, -0.05) is 106 Å². The minimum atomic E-state index is -2.27. The fraction of sp³-hybridized carbons (Fsp3) is 0.171. The minimum absolute atomic E-state index is 0. The van der Waals surface area contributed by atoms with Gasteiger partial charge in [-0.2, -0.15) is 0 Å². The van der Waals surface area contributed by atoms with Crippen LogP contribution in [0.1, 0.15) is 51.2 Å². The molecular formula is C41H38IrN2-2. The first-order valence-corrected chi connectivity index (χ1v) is 13.9. The van der Waals surface area contributed by atoms with Crippen molar-refractivity contribution in [2.75, 3.05) is 0 Å². The van der Waals surface area contributed by atoms with Crippen molar-refractivity contribution in [3.05, 3.63) is 156 Å². The molecule has 6 aromatic rings. The Hall–Kier alpha value is -4.17. The van der Waals surface area contributed by atoms with E-state index in [4.69, 9.17) is 13.7 Å². The summed E-state index contributed by atoms with van der Waals surface area (Å²) in [5.74, 6) is 0. The molecule has 223 valence electrons. The van der Waals surface area contributed by atoms with Crippen LogP contribution in [0.15, 0.2) is 128 Å². The van der Waals surface area contributed by atoms with E-state index in [1.54, 1.807) is 24.4 Å². The third-order valence-electron chi connectivity index (χ3n) is 6.37. The van der Waals surface area contributed by atoms with Crippen LogP contribution in [0.25, 0.3) is 44.8 Å². The zero-order valence-electron chi connectivity index (χ0n) is 34.7. The quantitative estimate of drug-likeness (QED) is 0.164. The zero-order chi connectivity index (χ0) is 38.8. The minimum Gasteiger partial charge on any atom is -0.305 e. The van der Waals surface area contributed by atoms with Gasteiger partial charge in [-0.15, -0.1) is 65.2 Å². The molecule has 2 nitrogen and oxygen atoms in total. The number of hydrogen-bond donors (Lipinski definition) is 0. The fourth-order valence-electron chi connectivity index (χ4n) is 4.39. The van der Waals surface area contributed by atoms with E-state index in [0.717, 1.165) is 22.4 Å². The summed E-state index contributed by atoms with van der Waals surface area (Å²) in [6.07, 6.45) is 1.34. The summed E-state index contributed by atoms with van der Waals surface area (Å²) >= 11 is 0. The first-order valence-electron chi connectivity index (χ1n) is 18.9. The predicted molar refractivity (Wildman–Crippen MR) is 181 cm³/mol. The summed E-state index contributed by atoms with van der Waals surface area (Å²) < 4.78 is 79.3. The van der Waals surface area contributed by atoms with Crippen molar-refractivity contribution in [2.45, 2.75) is 40.8 Å². The number of pyridine rings is 2. The van der Waals surface area contributed by atoms with Crippen molar-refractivity contribution in [2.24, 2.45) is 5.41 Å². The summed E-state index contributed by atoms with van der Waals surface area (Å²) in [5.41, 5.74) is 5.36. The van der Waals surface area contributed by atoms with Crippen LogP contribution >= 0.6 is 0 Å². The zero-order valence-corrected chi connectivity index (χ0v) is 27.1. The van der Waals surface area contributed by atoms with Crippen LogP contribution in [0, 0.1) is 31.3 Å². The molecule has 0 bridgehead atoms. The van der Waals surface area contributed by atoms with E-state index in [1.165, 1.54) is 30.5 Å². The third-order valence-corrected chi connectivity index (χ3v) is 6.37. The Morgan fingerprint density at radius 1 is 0.750 bits per heavy atom. The second kappa shape index (κ2) is 15.0. The van der Waals surface area contributed by atoms with Gasteiger partial charge in [-0.05, 0) is 63.9 Å². The van der Waals surface area contributed by atoms with Crippen molar-refractivity contribution in [1.29, 1.82) is 0 Å².